The van der Waals surface area contributed by atoms with Gasteiger partial charge in [0.2, 0.25) is 0 Å². The number of nitriles is 1. The van der Waals surface area contributed by atoms with Gasteiger partial charge in [-0.05, 0) is 0 Å². The van der Waals surface area contributed by atoms with E-state index in [1.54, 1.807) is 29.0 Å². The Balaban J connectivity index is 2.13. The first-order chi connectivity index (χ1) is 17.4. The molecule has 1 heterocycles. The number of unbranched alkanes of at least 4 members (excludes halogenated alkanes) is 3. The molecule has 0 unspecified atom stereocenters. The van der Waals surface area contributed by atoms with Gasteiger partial charge in [-0.15, -0.1) is 0 Å². The fourth-order valence-corrected chi connectivity index (χ4v) is 21.5. The van der Waals surface area contributed by atoms with Crippen molar-refractivity contribution < 1.29 is 4.74 Å². The summed E-state index contributed by atoms with van der Waals surface area (Å²) in [7, 11) is 1.57. The molecule has 36 heavy (non-hydrogen) atoms. The summed E-state index contributed by atoms with van der Waals surface area (Å²) >= 11 is 10.1. The molecule has 192 valence electrons. The van der Waals surface area contributed by atoms with Crippen LogP contribution in [0.3, 0.4) is 0 Å². The SMILES string of the molecule is CCC[CH2][Sn]([CH2]CCC)([CH2]CCC)[c]1ccc2c(Nc3cc(OC)c(Cl)cc3Cl)c(C#N)cnc2c1. The summed E-state index contributed by atoms with van der Waals surface area (Å²) in [6.07, 6.45) is 9.33. The van der Waals surface area contributed by atoms with E-state index in [4.69, 9.17) is 32.9 Å². The number of benzene rings is 2. The van der Waals surface area contributed by atoms with E-state index in [0.717, 1.165) is 10.9 Å². The van der Waals surface area contributed by atoms with Gasteiger partial charge in [0, 0.05) is 0 Å². The van der Waals surface area contributed by atoms with Gasteiger partial charge in [-0.1, -0.05) is 0 Å². The summed E-state index contributed by atoms with van der Waals surface area (Å²) in [5.41, 5.74) is 2.74. The minimum atomic E-state index is -2.61. The van der Waals surface area contributed by atoms with Crippen LogP contribution in [0.1, 0.15) is 64.9 Å². The van der Waals surface area contributed by atoms with Crippen LogP contribution in [0.4, 0.5) is 11.4 Å². The van der Waals surface area contributed by atoms with E-state index in [1.165, 1.54) is 51.8 Å². The summed E-state index contributed by atoms with van der Waals surface area (Å²) in [6, 6.07) is 12.5. The van der Waals surface area contributed by atoms with E-state index < -0.39 is 18.4 Å². The van der Waals surface area contributed by atoms with Crippen LogP contribution < -0.4 is 13.6 Å². The second-order valence-electron chi connectivity index (χ2n) is 9.57. The van der Waals surface area contributed by atoms with Crippen LogP contribution in [0, 0.1) is 11.3 Å². The third-order valence-electron chi connectivity index (χ3n) is 7.13. The zero-order valence-corrected chi connectivity index (χ0v) is 26.3. The van der Waals surface area contributed by atoms with E-state index in [-0.39, 0.29) is 0 Å². The van der Waals surface area contributed by atoms with Crippen molar-refractivity contribution >= 4 is 67.4 Å². The Bertz CT molecular complexity index is 1200. The van der Waals surface area contributed by atoms with Crippen molar-refractivity contribution in [1.82, 2.24) is 4.98 Å². The molecule has 0 atom stereocenters. The molecule has 0 saturated heterocycles. The minimum absolute atomic E-state index is 0.438. The summed E-state index contributed by atoms with van der Waals surface area (Å²) in [5.74, 6) is 0.518. The number of nitrogens with one attached hydrogen (secondary N) is 1. The van der Waals surface area contributed by atoms with Gasteiger partial charge in [0.15, 0.2) is 0 Å². The number of ether oxygens (including phenoxy) is 1. The van der Waals surface area contributed by atoms with Gasteiger partial charge >= 0.3 is 231 Å². The molecule has 0 aliphatic rings. The average molecular weight is 633 g/mol. The number of rotatable bonds is 13. The van der Waals surface area contributed by atoms with E-state index in [1.807, 2.05) is 0 Å². The van der Waals surface area contributed by atoms with E-state index >= 15 is 0 Å². The quantitative estimate of drug-likeness (QED) is 0.191. The number of methoxy groups -OCH3 is 1. The zero-order chi connectivity index (χ0) is 26.1. The standard InChI is InChI=1S/C17H10Cl2N3O.3C4H9.Sn/c1-23-16-7-15(12(18)6-13(16)19)22-17-10(8-20)9-21-14-5-3-2-4-11(14)17;3*1-3-4-2;/h2,4-7,9H,1H3,(H,21,22);3*1,3-4H2,2H3;. The van der Waals surface area contributed by atoms with Crippen molar-refractivity contribution in [1.29, 1.82) is 5.26 Å². The van der Waals surface area contributed by atoms with Crippen molar-refractivity contribution in [2.75, 3.05) is 12.4 Å². The Morgan fingerprint density at radius 2 is 1.58 bits per heavy atom. The van der Waals surface area contributed by atoms with Crippen LogP contribution >= 0.6 is 23.2 Å². The number of hydrogen-bond donors (Lipinski definition) is 1. The van der Waals surface area contributed by atoms with E-state index in [2.05, 4.69) is 50.4 Å². The maximum absolute atomic E-state index is 9.85. The second kappa shape index (κ2) is 13.7. The molecule has 7 heteroatoms. The van der Waals surface area contributed by atoms with E-state index in [9.17, 15) is 5.26 Å². The number of fused-ring (bicyclic) bond motifs is 1. The number of hydrogen-bond acceptors (Lipinski definition) is 4. The number of halogens is 2. The van der Waals surface area contributed by atoms with Gasteiger partial charge in [-0.2, -0.15) is 0 Å². The topological polar surface area (TPSA) is 57.9 Å². The molecule has 0 spiro atoms. The molecule has 0 bridgehead atoms. The molecule has 1 aromatic heterocycles. The Hall–Kier alpha value is -1.68. The molecule has 0 fully saturated rings. The fourth-order valence-electron chi connectivity index (χ4n) is 5.01. The van der Waals surface area contributed by atoms with Crippen LogP contribution in [-0.4, -0.2) is 30.5 Å². The third kappa shape index (κ3) is 6.60. The molecular weight excluding hydrogens is 596 g/mol. The monoisotopic (exact) mass is 633 g/mol. The van der Waals surface area contributed by atoms with Crippen LogP contribution in [0.25, 0.3) is 10.9 Å². The molecule has 3 rings (SSSR count). The molecule has 0 saturated carbocycles. The van der Waals surface area contributed by atoms with Crippen molar-refractivity contribution in [3.8, 4) is 11.8 Å². The summed E-state index contributed by atoms with van der Waals surface area (Å²) in [6.45, 7) is 6.91. The first-order valence-electron chi connectivity index (χ1n) is 13.1. The Morgan fingerprint density at radius 1 is 0.944 bits per heavy atom. The molecule has 0 amide bonds. The molecular formula is C29H37Cl2N3OSn. The maximum atomic E-state index is 9.85. The van der Waals surface area contributed by atoms with Crippen molar-refractivity contribution in [3.05, 3.63) is 52.1 Å². The van der Waals surface area contributed by atoms with E-state index in [0.29, 0.717) is 32.7 Å². The van der Waals surface area contributed by atoms with Gasteiger partial charge in [-0.25, -0.2) is 0 Å². The summed E-state index contributed by atoms with van der Waals surface area (Å²) < 4.78 is 11.1. The number of pyridine rings is 1. The van der Waals surface area contributed by atoms with Gasteiger partial charge < -0.3 is 0 Å². The molecule has 0 aliphatic carbocycles. The van der Waals surface area contributed by atoms with Crippen LogP contribution in [-0.2, 0) is 0 Å². The fraction of sp³-hybridized carbons (Fsp3) is 0.448. The number of nitrogens with zero attached hydrogens (tertiary/aromatic N) is 2. The molecule has 4 nitrogen and oxygen atoms in total. The second-order valence-corrected chi connectivity index (χ2v) is 23.6. The van der Waals surface area contributed by atoms with Gasteiger partial charge in [0.05, 0.1) is 0 Å². The number of anilines is 2. The third-order valence-corrected chi connectivity index (χ3v) is 23.3. The summed E-state index contributed by atoms with van der Waals surface area (Å²) in [4.78, 5) is 4.73. The first-order valence-corrected chi connectivity index (χ1v) is 21.3. The zero-order valence-electron chi connectivity index (χ0n) is 21.9. The molecule has 2 aromatic carbocycles. The Labute approximate surface area is 230 Å². The number of aromatic nitrogens is 1. The van der Waals surface area contributed by atoms with Gasteiger partial charge in [-0.3, -0.25) is 0 Å². The molecule has 1 N–H and O–H groups in total. The Morgan fingerprint density at radius 3 is 2.14 bits per heavy atom. The first kappa shape index (κ1) is 28.9. The van der Waals surface area contributed by atoms with Crippen molar-refractivity contribution in [2.24, 2.45) is 0 Å². The normalized spacial score (nSPS) is 11.5. The molecule has 0 radical (unpaired) electrons. The van der Waals surface area contributed by atoms with Crippen LogP contribution in [0.5, 0.6) is 5.75 Å². The molecule has 0 aliphatic heterocycles. The predicted octanol–water partition coefficient (Wildman–Crippen LogP) is 9.22. The van der Waals surface area contributed by atoms with Crippen LogP contribution in [0.15, 0.2) is 36.5 Å². The Kier molecular flexibility index (Phi) is 11.0. The average Bonchev–Trinajstić information content (AvgIpc) is 2.89. The summed E-state index contributed by atoms with van der Waals surface area (Å²) in [5, 5.41) is 15.0. The predicted molar refractivity (Wildman–Crippen MR) is 157 cm³/mol. The molecule has 3 aromatic rings. The van der Waals surface area contributed by atoms with Crippen molar-refractivity contribution in [3.63, 3.8) is 0 Å². The van der Waals surface area contributed by atoms with Gasteiger partial charge in [0.1, 0.15) is 0 Å². The van der Waals surface area contributed by atoms with Crippen molar-refractivity contribution in [2.45, 2.75) is 72.6 Å². The van der Waals surface area contributed by atoms with Gasteiger partial charge in [0.25, 0.3) is 0 Å². The van der Waals surface area contributed by atoms with Crippen LogP contribution in [0.2, 0.25) is 23.4 Å².